The molecule has 0 aliphatic carbocycles. The number of aliphatic hydroxyl groups excluding tert-OH is 1. The van der Waals surface area contributed by atoms with E-state index in [-0.39, 0.29) is 0 Å². The fourth-order valence-corrected chi connectivity index (χ4v) is 0.967. The molecular formula is C8H12N2O. The Morgan fingerprint density at radius 2 is 2.64 bits per heavy atom. The second-order valence-corrected chi connectivity index (χ2v) is 2.47. The molecule has 1 aromatic rings. The zero-order chi connectivity index (χ0) is 8.27. The molecule has 0 bridgehead atoms. The van der Waals surface area contributed by atoms with Crippen molar-refractivity contribution in [3.63, 3.8) is 0 Å². The van der Waals surface area contributed by atoms with Crippen molar-refractivity contribution in [1.29, 1.82) is 0 Å². The lowest BCUT2D eigenvalue weighted by molar-refractivity contribution is 0.173. The van der Waals surface area contributed by atoms with Crippen LogP contribution in [0, 0.1) is 0 Å². The number of imidazole rings is 1. The first kappa shape index (κ1) is 8.01. The highest BCUT2D eigenvalue weighted by Gasteiger charge is 2.07. The van der Waals surface area contributed by atoms with Crippen molar-refractivity contribution in [2.75, 3.05) is 0 Å². The Balaban J connectivity index is 2.74. The summed E-state index contributed by atoms with van der Waals surface area (Å²) in [5.41, 5.74) is 0.824. The predicted octanol–water partition coefficient (Wildman–Crippen LogP) is 1.03. The molecule has 0 saturated carbocycles. The number of aryl methyl sites for hydroxylation is 1. The summed E-state index contributed by atoms with van der Waals surface area (Å²) in [4.78, 5) is 3.89. The Kier molecular flexibility index (Phi) is 2.44. The second-order valence-electron chi connectivity index (χ2n) is 2.47. The number of aromatic nitrogens is 2. The largest absolute Gasteiger partial charge is 0.387 e. The average molecular weight is 152 g/mol. The van der Waals surface area contributed by atoms with Gasteiger partial charge in [0.15, 0.2) is 0 Å². The van der Waals surface area contributed by atoms with E-state index in [1.165, 1.54) is 0 Å². The van der Waals surface area contributed by atoms with E-state index in [2.05, 4.69) is 11.6 Å². The van der Waals surface area contributed by atoms with Gasteiger partial charge in [-0.3, -0.25) is 0 Å². The zero-order valence-electron chi connectivity index (χ0n) is 6.57. The van der Waals surface area contributed by atoms with Crippen LogP contribution in [0.1, 0.15) is 18.2 Å². The van der Waals surface area contributed by atoms with Crippen molar-refractivity contribution in [1.82, 2.24) is 9.55 Å². The number of hydrogen-bond donors (Lipinski definition) is 1. The quantitative estimate of drug-likeness (QED) is 0.657. The maximum atomic E-state index is 9.46. The molecule has 1 atom stereocenters. The maximum Gasteiger partial charge on any atom is 0.0989 e. The van der Waals surface area contributed by atoms with Crippen LogP contribution in [0.2, 0.25) is 0 Å². The Labute approximate surface area is 66.0 Å². The Morgan fingerprint density at radius 1 is 1.91 bits per heavy atom. The summed E-state index contributed by atoms with van der Waals surface area (Å²) in [6, 6.07) is 0. The third kappa shape index (κ3) is 1.68. The molecular weight excluding hydrogens is 140 g/mol. The van der Waals surface area contributed by atoms with Crippen LogP contribution in [0.5, 0.6) is 0 Å². The fraction of sp³-hybridized carbons (Fsp3) is 0.375. The first-order valence-electron chi connectivity index (χ1n) is 3.51. The van der Waals surface area contributed by atoms with Crippen molar-refractivity contribution in [2.45, 2.75) is 12.5 Å². The molecule has 0 aromatic carbocycles. The van der Waals surface area contributed by atoms with Crippen LogP contribution in [0.3, 0.4) is 0 Å². The minimum absolute atomic E-state index is 0.472. The second kappa shape index (κ2) is 3.34. The van der Waals surface area contributed by atoms with Gasteiger partial charge in [-0.15, -0.1) is 6.58 Å². The summed E-state index contributed by atoms with van der Waals surface area (Å²) in [5.74, 6) is 0. The van der Waals surface area contributed by atoms with Crippen LogP contribution in [0.4, 0.5) is 0 Å². The first-order valence-corrected chi connectivity index (χ1v) is 3.51. The smallest absolute Gasteiger partial charge is 0.0989 e. The van der Waals surface area contributed by atoms with Crippen LogP contribution < -0.4 is 0 Å². The van der Waals surface area contributed by atoms with Crippen LogP contribution in [-0.2, 0) is 7.05 Å². The summed E-state index contributed by atoms with van der Waals surface area (Å²) in [7, 11) is 1.86. The van der Waals surface area contributed by atoms with Gasteiger partial charge in [-0.2, -0.15) is 0 Å². The Morgan fingerprint density at radius 3 is 3.09 bits per heavy atom. The molecule has 11 heavy (non-hydrogen) atoms. The zero-order valence-corrected chi connectivity index (χ0v) is 6.57. The summed E-state index contributed by atoms with van der Waals surface area (Å²) in [5, 5.41) is 9.46. The van der Waals surface area contributed by atoms with Gasteiger partial charge in [-0.25, -0.2) is 4.98 Å². The van der Waals surface area contributed by atoms with Gasteiger partial charge in [-0.05, 0) is 6.42 Å². The minimum atomic E-state index is -0.472. The normalized spacial score (nSPS) is 12.9. The molecule has 3 nitrogen and oxygen atoms in total. The molecule has 1 aromatic heterocycles. The van der Waals surface area contributed by atoms with Gasteiger partial charge in [0.1, 0.15) is 0 Å². The van der Waals surface area contributed by atoms with Crippen LogP contribution in [0.25, 0.3) is 0 Å². The first-order chi connectivity index (χ1) is 5.25. The highest BCUT2D eigenvalue weighted by molar-refractivity contribution is 5.03. The highest BCUT2D eigenvalue weighted by Crippen LogP contribution is 2.14. The molecule has 1 heterocycles. The van der Waals surface area contributed by atoms with Crippen molar-refractivity contribution >= 4 is 0 Å². The van der Waals surface area contributed by atoms with E-state index in [0.29, 0.717) is 6.42 Å². The van der Waals surface area contributed by atoms with Gasteiger partial charge in [0.05, 0.1) is 24.3 Å². The molecule has 1 unspecified atom stereocenters. The van der Waals surface area contributed by atoms with Crippen molar-refractivity contribution in [2.24, 2.45) is 7.05 Å². The molecule has 0 saturated heterocycles. The van der Waals surface area contributed by atoms with E-state index in [4.69, 9.17) is 0 Å². The van der Waals surface area contributed by atoms with Crippen molar-refractivity contribution in [3.8, 4) is 0 Å². The number of nitrogens with zero attached hydrogens (tertiary/aromatic N) is 2. The maximum absolute atomic E-state index is 9.46. The molecule has 0 spiro atoms. The Bertz CT molecular complexity index is 242. The SMILES string of the molecule is C=CCC(O)c1cncn1C. The average Bonchev–Trinajstić information content (AvgIpc) is 2.36. The van der Waals surface area contributed by atoms with Gasteiger partial charge in [-0.1, -0.05) is 6.08 Å². The fourth-order valence-electron chi connectivity index (χ4n) is 0.967. The summed E-state index contributed by atoms with van der Waals surface area (Å²) >= 11 is 0. The molecule has 60 valence electrons. The monoisotopic (exact) mass is 152 g/mol. The highest BCUT2D eigenvalue weighted by atomic mass is 16.3. The third-order valence-electron chi connectivity index (χ3n) is 1.59. The van der Waals surface area contributed by atoms with E-state index in [9.17, 15) is 5.11 Å². The van der Waals surface area contributed by atoms with E-state index in [0.717, 1.165) is 5.69 Å². The number of hydrogen-bond acceptors (Lipinski definition) is 2. The summed E-state index contributed by atoms with van der Waals surface area (Å²) in [6.07, 6.45) is 5.12. The van der Waals surface area contributed by atoms with Gasteiger partial charge in [0.2, 0.25) is 0 Å². The lowest BCUT2D eigenvalue weighted by Crippen LogP contribution is -2.01. The molecule has 0 aliphatic heterocycles. The molecule has 0 radical (unpaired) electrons. The van der Waals surface area contributed by atoms with Crippen LogP contribution >= 0.6 is 0 Å². The summed E-state index contributed by atoms with van der Waals surface area (Å²) < 4.78 is 1.80. The van der Waals surface area contributed by atoms with Gasteiger partial charge in [0, 0.05) is 7.05 Å². The topological polar surface area (TPSA) is 38.1 Å². The van der Waals surface area contributed by atoms with Crippen LogP contribution in [-0.4, -0.2) is 14.7 Å². The molecule has 0 aliphatic rings. The van der Waals surface area contributed by atoms with Crippen molar-refractivity contribution < 1.29 is 5.11 Å². The van der Waals surface area contributed by atoms with Gasteiger partial charge >= 0.3 is 0 Å². The minimum Gasteiger partial charge on any atom is -0.387 e. The summed E-state index contributed by atoms with van der Waals surface area (Å²) in [6.45, 7) is 3.55. The number of aliphatic hydroxyl groups is 1. The van der Waals surface area contributed by atoms with Gasteiger partial charge in [0.25, 0.3) is 0 Å². The lowest BCUT2D eigenvalue weighted by atomic mass is 10.2. The number of rotatable bonds is 3. The van der Waals surface area contributed by atoms with E-state index < -0.39 is 6.10 Å². The molecule has 0 amide bonds. The van der Waals surface area contributed by atoms with E-state index >= 15 is 0 Å². The standard InChI is InChI=1S/C8H12N2O/c1-3-4-8(11)7-5-9-6-10(7)2/h3,5-6,8,11H,1,4H2,2H3. The third-order valence-corrected chi connectivity index (χ3v) is 1.59. The van der Waals surface area contributed by atoms with Crippen LogP contribution in [0.15, 0.2) is 25.2 Å². The molecule has 3 heteroatoms. The molecule has 0 fully saturated rings. The van der Waals surface area contributed by atoms with E-state index in [1.54, 1.807) is 23.2 Å². The molecule has 1 N–H and O–H groups in total. The Hall–Kier alpha value is -1.09. The van der Waals surface area contributed by atoms with Gasteiger partial charge < -0.3 is 9.67 Å². The lowest BCUT2D eigenvalue weighted by Gasteiger charge is -2.07. The predicted molar refractivity (Wildman–Crippen MR) is 43.0 cm³/mol. The van der Waals surface area contributed by atoms with E-state index in [1.807, 2.05) is 7.05 Å². The molecule has 1 rings (SSSR count). The van der Waals surface area contributed by atoms with Crippen molar-refractivity contribution in [3.05, 3.63) is 30.9 Å².